The highest BCUT2D eigenvalue weighted by Gasteiger charge is 2.31. The molecule has 3 unspecified atom stereocenters. The van der Waals surface area contributed by atoms with E-state index in [1.165, 1.54) is 12.8 Å². The lowest BCUT2D eigenvalue weighted by Crippen LogP contribution is -2.39. The lowest BCUT2D eigenvalue weighted by Gasteiger charge is -2.35. The predicted molar refractivity (Wildman–Crippen MR) is 70.8 cm³/mol. The highest BCUT2D eigenvalue weighted by atomic mass is 32.2. The molecule has 1 fully saturated rings. The summed E-state index contributed by atoms with van der Waals surface area (Å²) in [5.41, 5.74) is 6.23. The quantitative estimate of drug-likeness (QED) is 0.897. The molecule has 2 rings (SSSR count). The van der Waals surface area contributed by atoms with Crippen LogP contribution in [0.1, 0.15) is 33.1 Å². The second-order valence-corrected chi connectivity index (χ2v) is 6.51. The molecular weight excluding hydrogens is 232 g/mol. The van der Waals surface area contributed by atoms with Crippen LogP contribution < -0.4 is 5.73 Å². The molecule has 4 nitrogen and oxygen atoms in total. The molecule has 0 bridgehead atoms. The summed E-state index contributed by atoms with van der Waals surface area (Å²) < 4.78 is 1.83. The van der Waals surface area contributed by atoms with Crippen molar-refractivity contribution in [3.05, 3.63) is 6.33 Å². The fraction of sp³-hybridized carbons (Fsp3) is 0.833. The van der Waals surface area contributed by atoms with Gasteiger partial charge in [0.15, 0.2) is 5.16 Å². The Hall–Kier alpha value is -0.550. The van der Waals surface area contributed by atoms with Crippen molar-refractivity contribution in [2.24, 2.45) is 24.6 Å². The van der Waals surface area contributed by atoms with Gasteiger partial charge in [0.2, 0.25) is 0 Å². The van der Waals surface area contributed by atoms with E-state index in [4.69, 9.17) is 5.73 Å². The van der Waals surface area contributed by atoms with Gasteiger partial charge in [0.25, 0.3) is 0 Å². The summed E-state index contributed by atoms with van der Waals surface area (Å²) in [7, 11) is 1.93. The van der Waals surface area contributed by atoms with Crippen molar-refractivity contribution in [1.82, 2.24) is 14.8 Å². The Morgan fingerprint density at radius 2 is 2.24 bits per heavy atom. The largest absolute Gasteiger partial charge is 0.327 e. The van der Waals surface area contributed by atoms with E-state index in [0.29, 0.717) is 11.3 Å². The molecule has 0 aliphatic heterocycles. The van der Waals surface area contributed by atoms with Gasteiger partial charge in [-0.2, -0.15) is 5.10 Å². The molecule has 2 N–H and O–H groups in total. The standard InChI is InChI=1S/C12H22N4S/c1-8(2)9-4-5-10(13)11(6-9)17-12-14-7-15-16(12)3/h7-11H,4-6,13H2,1-3H3. The lowest BCUT2D eigenvalue weighted by molar-refractivity contribution is 0.266. The zero-order chi connectivity index (χ0) is 12.4. The molecule has 0 aromatic carbocycles. The van der Waals surface area contributed by atoms with Crippen LogP contribution in [0.5, 0.6) is 0 Å². The molecule has 0 radical (unpaired) electrons. The molecule has 1 aromatic rings. The van der Waals surface area contributed by atoms with Crippen LogP contribution in [-0.4, -0.2) is 26.1 Å². The Morgan fingerprint density at radius 3 is 2.82 bits per heavy atom. The molecular formula is C12H22N4S. The van der Waals surface area contributed by atoms with Crippen LogP contribution in [0.3, 0.4) is 0 Å². The Morgan fingerprint density at radius 1 is 1.47 bits per heavy atom. The SMILES string of the molecule is CC(C)C1CCC(N)C(Sc2ncnn2C)C1. The lowest BCUT2D eigenvalue weighted by atomic mass is 9.79. The van der Waals surface area contributed by atoms with Crippen LogP contribution >= 0.6 is 11.8 Å². The van der Waals surface area contributed by atoms with E-state index in [1.807, 2.05) is 11.7 Å². The van der Waals surface area contributed by atoms with E-state index in [0.717, 1.165) is 23.4 Å². The first-order valence-corrected chi connectivity index (χ1v) is 7.22. The summed E-state index contributed by atoms with van der Waals surface area (Å²) in [6.07, 6.45) is 5.22. The summed E-state index contributed by atoms with van der Waals surface area (Å²) in [4.78, 5) is 4.27. The summed E-state index contributed by atoms with van der Waals surface area (Å²) in [6, 6.07) is 0.298. The second kappa shape index (κ2) is 5.40. The van der Waals surface area contributed by atoms with Crippen molar-refractivity contribution in [3.8, 4) is 0 Å². The summed E-state index contributed by atoms with van der Waals surface area (Å²) >= 11 is 1.79. The van der Waals surface area contributed by atoms with Crippen LogP contribution in [0.15, 0.2) is 11.5 Å². The Labute approximate surface area is 107 Å². The Kier molecular flexibility index (Phi) is 4.09. The topological polar surface area (TPSA) is 56.7 Å². The van der Waals surface area contributed by atoms with Gasteiger partial charge in [-0.15, -0.1) is 0 Å². The van der Waals surface area contributed by atoms with Gasteiger partial charge in [-0.3, -0.25) is 0 Å². The third-order valence-corrected chi connectivity index (χ3v) is 5.18. The van der Waals surface area contributed by atoms with E-state index in [1.54, 1.807) is 18.1 Å². The number of aromatic nitrogens is 3. The number of nitrogens with zero attached hydrogens (tertiary/aromatic N) is 3. The van der Waals surface area contributed by atoms with Crippen molar-refractivity contribution in [2.45, 2.75) is 49.6 Å². The average Bonchev–Trinajstić information content (AvgIpc) is 2.67. The molecule has 1 aliphatic carbocycles. The maximum absolute atomic E-state index is 6.23. The minimum absolute atomic E-state index is 0.298. The van der Waals surface area contributed by atoms with Crippen molar-refractivity contribution in [1.29, 1.82) is 0 Å². The smallest absolute Gasteiger partial charge is 0.186 e. The van der Waals surface area contributed by atoms with Gasteiger partial charge in [0.05, 0.1) is 0 Å². The van der Waals surface area contributed by atoms with E-state index >= 15 is 0 Å². The van der Waals surface area contributed by atoms with Crippen molar-refractivity contribution in [2.75, 3.05) is 0 Å². The maximum Gasteiger partial charge on any atom is 0.186 e. The van der Waals surface area contributed by atoms with Crippen molar-refractivity contribution >= 4 is 11.8 Å². The van der Waals surface area contributed by atoms with Gasteiger partial charge in [-0.05, 0) is 31.1 Å². The number of thioether (sulfide) groups is 1. The molecule has 1 aromatic heterocycles. The second-order valence-electron chi connectivity index (χ2n) is 5.30. The molecule has 5 heteroatoms. The minimum atomic E-state index is 0.298. The molecule has 0 saturated heterocycles. The number of rotatable bonds is 3. The number of hydrogen-bond donors (Lipinski definition) is 1. The first kappa shape index (κ1) is 12.9. The first-order valence-electron chi connectivity index (χ1n) is 6.34. The molecule has 1 aliphatic rings. The highest BCUT2D eigenvalue weighted by Crippen LogP contribution is 2.37. The van der Waals surface area contributed by atoms with Crippen LogP contribution in [0.4, 0.5) is 0 Å². The molecule has 0 spiro atoms. The van der Waals surface area contributed by atoms with Gasteiger partial charge in [-0.25, -0.2) is 9.67 Å². The molecule has 17 heavy (non-hydrogen) atoms. The monoisotopic (exact) mass is 254 g/mol. The van der Waals surface area contributed by atoms with E-state index in [9.17, 15) is 0 Å². The van der Waals surface area contributed by atoms with E-state index in [-0.39, 0.29) is 0 Å². The molecule has 1 heterocycles. The minimum Gasteiger partial charge on any atom is -0.327 e. The van der Waals surface area contributed by atoms with Gasteiger partial charge in [0, 0.05) is 18.3 Å². The fourth-order valence-electron chi connectivity index (χ4n) is 2.45. The molecule has 1 saturated carbocycles. The molecule has 0 amide bonds. The summed E-state index contributed by atoms with van der Waals surface area (Å²) in [5.74, 6) is 1.56. The van der Waals surface area contributed by atoms with Crippen LogP contribution in [0.25, 0.3) is 0 Å². The van der Waals surface area contributed by atoms with E-state index in [2.05, 4.69) is 23.9 Å². The molecule has 3 atom stereocenters. The van der Waals surface area contributed by atoms with Crippen molar-refractivity contribution in [3.63, 3.8) is 0 Å². The van der Waals surface area contributed by atoms with Gasteiger partial charge >= 0.3 is 0 Å². The first-order chi connectivity index (χ1) is 8.08. The zero-order valence-corrected chi connectivity index (χ0v) is 11.7. The predicted octanol–water partition coefficient (Wildman–Crippen LogP) is 2.06. The number of aryl methyl sites for hydroxylation is 1. The number of hydrogen-bond acceptors (Lipinski definition) is 4. The normalized spacial score (nSPS) is 29.8. The van der Waals surface area contributed by atoms with Gasteiger partial charge in [-0.1, -0.05) is 25.6 Å². The van der Waals surface area contributed by atoms with Gasteiger partial charge < -0.3 is 5.73 Å². The third-order valence-electron chi connectivity index (χ3n) is 3.75. The molecule has 96 valence electrons. The van der Waals surface area contributed by atoms with Crippen LogP contribution in [-0.2, 0) is 7.05 Å². The number of nitrogens with two attached hydrogens (primary N) is 1. The third kappa shape index (κ3) is 3.01. The Bertz CT molecular complexity index is 363. The van der Waals surface area contributed by atoms with E-state index < -0.39 is 0 Å². The fourth-order valence-corrected chi connectivity index (χ4v) is 3.68. The summed E-state index contributed by atoms with van der Waals surface area (Å²) in [6.45, 7) is 4.62. The summed E-state index contributed by atoms with van der Waals surface area (Å²) in [5, 5.41) is 5.57. The maximum atomic E-state index is 6.23. The highest BCUT2D eigenvalue weighted by molar-refractivity contribution is 7.99. The van der Waals surface area contributed by atoms with Gasteiger partial charge in [0.1, 0.15) is 6.33 Å². The van der Waals surface area contributed by atoms with Crippen LogP contribution in [0.2, 0.25) is 0 Å². The van der Waals surface area contributed by atoms with Crippen molar-refractivity contribution < 1.29 is 0 Å². The average molecular weight is 254 g/mol. The Balaban J connectivity index is 2.01. The van der Waals surface area contributed by atoms with Crippen LogP contribution in [0, 0.1) is 11.8 Å². The zero-order valence-electron chi connectivity index (χ0n) is 10.8.